The molecule has 0 aromatic heterocycles. The van der Waals surface area contributed by atoms with Crippen molar-refractivity contribution in [1.29, 1.82) is 0 Å². The molecular weight excluding hydrogens is 284 g/mol. The molecule has 2 aromatic carbocycles. The van der Waals surface area contributed by atoms with Gasteiger partial charge < -0.3 is 14.8 Å². The fourth-order valence-corrected chi connectivity index (χ4v) is 2.62. The Kier molecular flexibility index (Phi) is 2.75. The summed E-state index contributed by atoms with van der Waals surface area (Å²) in [5.41, 5.74) is 1.94. The van der Waals surface area contributed by atoms with Crippen LogP contribution in [0.4, 0.5) is 16.2 Å². The van der Waals surface area contributed by atoms with Crippen molar-refractivity contribution in [3.8, 4) is 11.5 Å². The lowest BCUT2D eigenvalue weighted by atomic mass is 10.1. The first-order valence-corrected chi connectivity index (χ1v) is 6.84. The predicted molar refractivity (Wildman–Crippen MR) is 79.2 cm³/mol. The highest BCUT2D eigenvalue weighted by Crippen LogP contribution is 2.41. The highest BCUT2D eigenvalue weighted by Gasteiger charge is 2.34. The Morgan fingerprint density at radius 3 is 2.59 bits per heavy atom. The summed E-state index contributed by atoms with van der Waals surface area (Å²) < 4.78 is 10.6. The van der Waals surface area contributed by atoms with Gasteiger partial charge in [-0.2, -0.15) is 0 Å². The van der Waals surface area contributed by atoms with Crippen LogP contribution in [0.1, 0.15) is 5.56 Å². The molecule has 0 atom stereocenters. The van der Waals surface area contributed by atoms with E-state index in [-0.39, 0.29) is 19.1 Å². The number of nitrogens with zero attached hydrogens (tertiary/aromatic N) is 1. The first-order chi connectivity index (χ1) is 10.7. The van der Waals surface area contributed by atoms with Crippen molar-refractivity contribution in [1.82, 2.24) is 0 Å². The second-order valence-electron chi connectivity index (χ2n) is 5.04. The van der Waals surface area contributed by atoms with Crippen LogP contribution in [0.15, 0.2) is 42.5 Å². The van der Waals surface area contributed by atoms with E-state index in [1.807, 2.05) is 18.2 Å². The molecule has 110 valence electrons. The number of carbonyl (C=O) groups is 2. The number of anilines is 2. The summed E-state index contributed by atoms with van der Waals surface area (Å²) in [7, 11) is 0. The lowest BCUT2D eigenvalue weighted by Crippen LogP contribution is -2.37. The minimum atomic E-state index is -0.478. The van der Waals surface area contributed by atoms with Crippen LogP contribution in [-0.2, 0) is 11.2 Å². The fourth-order valence-electron chi connectivity index (χ4n) is 2.62. The number of ether oxygens (including phenoxy) is 2. The van der Waals surface area contributed by atoms with E-state index >= 15 is 0 Å². The summed E-state index contributed by atoms with van der Waals surface area (Å²) >= 11 is 0. The quantitative estimate of drug-likeness (QED) is 0.878. The van der Waals surface area contributed by atoms with E-state index in [1.165, 1.54) is 0 Å². The molecular formula is C16H12N2O4. The van der Waals surface area contributed by atoms with Crippen molar-refractivity contribution in [2.24, 2.45) is 0 Å². The molecule has 0 saturated heterocycles. The molecule has 0 aliphatic carbocycles. The van der Waals surface area contributed by atoms with Gasteiger partial charge in [-0.1, -0.05) is 18.2 Å². The Morgan fingerprint density at radius 1 is 1.09 bits per heavy atom. The molecule has 0 fully saturated rings. The highest BCUT2D eigenvalue weighted by molar-refractivity contribution is 6.22. The summed E-state index contributed by atoms with van der Waals surface area (Å²) in [6.45, 7) is 0.155. The molecule has 22 heavy (non-hydrogen) atoms. The fraction of sp³-hybridized carbons (Fsp3) is 0.125. The van der Waals surface area contributed by atoms with Gasteiger partial charge in [-0.25, -0.2) is 9.69 Å². The Balaban J connectivity index is 1.66. The third-order valence-corrected chi connectivity index (χ3v) is 3.63. The first-order valence-electron chi connectivity index (χ1n) is 6.84. The zero-order chi connectivity index (χ0) is 15.1. The minimum Gasteiger partial charge on any atom is -0.454 e. The summed E-state index contributed by atoms with van der Waals surface area (Å²) in [6.07, 6.45) is 0.175. The molecule has 0 radical (unpaired) electrons. The third-order valence-electron chi connectivity index (χ3n) is 3.63. The zero-order valence-electron chi connectivity index (χ0n) is 11.5. The second-order valence-corrected chi connectivity index (χ2v) is 5.04. The molecule has 6 heteroatoms. The van der Waals surface area contributed by atoms with Gasteiger partial charge in [0.05, 0.1) is 12.1 Å². The summed E-state index contributed by atoms with van der Waals surface area (Å²) in [5.74, 6) is 0.884. The maximum Gasteiger partial charge on any atom is 0.333 e. The molecule has 3 amide bonds. The Morgan fingerprint density at radius 2 is 1.82 bits per heavy atom. The second kappa shape index (κ2) is 4.77. The number of imide groups is 1. The van der Waals surface area contributed by atoms with Crippen LogP contribution in [0.2, 0.25) is 0 Å². The number of nitrogens with one attached hydrogen (secondary N) is 1. The molecule has 0 bridgehead atoms. The maximum absolute atomic E-state index is 12.4. The standard InChI is InChI=1S/C16H12N2O4/c19-15-7-10-6-13-14(22-9-21-13)8-12(10)18(15)16(20)17-11-4-2-1-3-5-11/h1-6,8H,7,9H2,(H,17,20). The molecule has 6 nitrogen and oxygen atoms in total. The number of fused-ring (bicyclic) bond motifs is 2. The topological polar surface area (TPSA) is 67.9 Å². The summed E-state index contributed by atoms with van der Waals surface area (Å²) in [4.78, 5) is 25.7. The van der Waals surface area contributed by atoms with E-state index < -0.39 is 6.03 Å². The van der Waals surface area contributed by atoms with Crippen molar-refractivity contribution in [3.05, 3.63) is 48.0 Å². The van der Waals surface area contributed by atoms with Gasteiger partial charge in [-0.15, -0.1) is 0 Å². The van der Waals surface area contributed by atoms with E-state index in [0.717, 1.165) is 10.5 Å². The van der Waals surface area contributed by atoms with Gasteiger partial charge in [0.25, 0.3) is 0 Å². The van der Waals surface area contributed by atoms with Gasteiger partial charge in [0, 0.05) is 11.8 Å². The molecule has 2 aromatic rings. The van der Waals surface area contributed by atoms with Crippen LogP contribution in [0.5, 0.6) is 11.5 Å². The number of hydrogen-bond acceptors (Lipinski definition) is 4. The van der Waals surface area contributed by atoms with Gasteiger partial charge >= 0.3 is 6.03 Å². The number of carbonyl (C=O) groups excluding carboxylic acids is 2. The smallest absolute Gasteiger partial charge is 0.333 e. The average Bonchev–Trinajstić information content (AvgIpc) is 3.08. The zero-order valence-corrected chi connectivity index (χ0v) is 11.5. The predicted octanol–water partition coefficient (Wildman–Crippen LogP) is 2.54. The van der Waals surface area contributed by atoms with Crippen LogP contribution in [0.25, 0.3) is 0 Å². The normalized spacial score (nSPS) is 14.9. The molecule has 0 saturated carbocycles. The third kappa shape index (κ3) is 1.96. The molecule has 0 unspecified atom stereocenters. The molecule has 2 aliphatic heterocycles. The van der Waals surface area contributed by atoms with Crippen molar-refractivity contribution >= 4 is 23.3 Å². The van der Waals surface area contributed by atoms with Gasteiger partial charge in [0.1, 0.15) is 0 Å². The van der Waals surface area contributed by atoms with E-state index in [0.29, 0.717) is 22.9 Å². The Hall–Kier alpha value is -3.02. The van der Waals surface area contributed by atoms with Crippen LogP contribution in [-0.4, -0.2) is 18.7 Å². The van der Waals surface area contributed by atoms with Gasteiger partial charge in [-0.05, 0) is 23.8 Å². The molecule has 4 rings (SSSR count). The number of hydrogen-bond donors (Lipinski definition) is 1. The van der Waals surface area contributed by atoms with Crippen molar-refractivity contribution in [3.63, 3.8) is 0 Å². The van der Waals surface area contributed by atoms with Crippen molar-refractivity contribution in [2.75, 3.05) is 17.0 Å². The molecule has 2 aliphatic rings. The number of urea groups is 1. The van der Waals surface area contributed by atoms with E-state index in [1.54, 1.807) is 24.3 Å². The number of para-hydroxylation sites is 1. The Labute approximate surface area is 126 Å². The molecule has 0 spiro atoms. The van der Waals surface area contributed by atoms with Crippen LogP contribution in [0, 0.1) is 0 Å². The van der Waals surface area contributed by atoms with Gasteiger partial charge in [-0.3, -0.25) is 4.79 Å². The van der Waals surface area contributed by atoms with Crippen LogP contribution >= 0.6 is 0 Å². The lowest BCUT2D eigenvalue weighted by molar-refractivity contribution is -0.116. The summed E-state index contributed by atoms with van der Waals surface area (Å²) in [5, 5.41) is 2.72. The monoisotopic (exact) mass is 296 g/mol. The number of benzene rings is 2. The minimum absolute atomic E-state index is 0.155. The largest absolute Gasteiger partial charge is 0.454 e. The SMILES string of the molecule is O=C1Cc2cc3c(cc2N1C(=O)Nc1ccccc1)OCO3. The first kappa shape index (κ1) is 12.7. The number of rotatable bonds is 1. The van der Waals surface area contributed by atoms with Crippen molar-refractivity contribution in [2.45, 2.75) is 6.42 Å². The molecule has 1 N–H and O–H groups in total. The van der Waals surface area contributed by atoms with Gasteiger partial charge in [0.15, 0.2) is 11.5 Å². The highest BCUT2D eigenvalue weighted by atomic mass is 16.7. The average molecular weight is 296 g/mol. The maximum atomic E-state index is 12.4. The van der Waals surface area contributed by atoms with Crippen LogP contribution < -0.4 is 19.7 Å². The van der Waals surface area contributed by atoms with Crippen molar-refractivity contribution < 1.29 is 19.1 Å². The van der Waals surface area contributed by atoms with Gasteiger partial charge in [0.2, 0.25) is 12.7 Å². The van der Waals surface area contributed by atoms with E-state index in [2.05, 4.69) is 5.32 Å². The lowest BCUT2D eigenvalue weighted by Gasteiger charge is -2.16. The Bertz CT molecular complexity index is 773. The number of amides is 3. The summed E-state index contributed by atoms with van der Waals surface area (Å²) in [6, 6.07) is 12.0. The van der Waals surface area contributed by atoms with Crippen LogP contribution in [0.3, 0.4) is 0 Å². The molecule has 2 heterocycles. The van der Waals surface area contributed by atoms with E-state index in [9.17, 15) is 9.59 Å². The van der Waals surface area contributed by atoms with E-state index in [4.69, 9.17) is 9.47 Å².